The maximum atomic E-state index is 15.6. The van der Waals surface area contributed by atoms with Gasteiger partial charge in [-0.2, -0.15) is 9.97 Å². The monoisotopic (exact) mass is 596 g/mol. The predicted molar refractivity (Wildman–Crippen MR) is 145 cm³/mol. The first-order valence-electron chi connectivity index (χ1n) is 12.8. The molecule has 0 radical (unpaired) electrons. The van der Waals surface area contributed by atoms with Crippen LogP contribution in [0, 0.1) is 0 Å². The minimum atomic E-state index is -4.25. The summed E-state index contributed by atoms with van der Waals surface area (Å²) in [6.07, 6.45) is -4.10. The first-order chi connectivity index (χ1) is 19.4. The Hall–Kier alpha value is -3.36. The van der Waals surface area contributed by atoms with Gasteiger partial charge >= 0.3 is 19.7 Å². The van der Waals surface area contributed by atoms with Crippen molar-refractivity contribution in [3.8, 4) is 11.8 Å². The van der Waals surface area contributed by atoms with Gasteiger partial charge in [0.1, 0.15) is 24.0 Å². The molecule has 1 aliphatic heterocycles. The Morgan fingerprint density at radius 2 is 2.00 bits per heavy atom. The number of aliphatic hydroxyl groups excluding tert-OH is 1. The third kappa shape index (κ3) is 6.76. The number of rotatable bonds is 12. The third-order valence-corrected chi connectivity index (χ3v) is 7.59. The van der Waals surface area contributed by atoms with Gasteiger partial charge in [-0.15, -0.1) is 0 Å². The number of benzene rings is 1. The molecule has 0 aliphatic carbocycles. The lowest BCUT2D eigenvalue weighted by Gasteiger charge is -2.29. The van der Waals surface area contributed by atoms with Crippen molar-refractivity contribution < 1.29 is 42.1 Å². The van der Waals surface area contributed by atoms with E-state index in [1.807, 2.05) is 0 Å². The van der Waals surface area contributed by atoms with Crippen molar-refractivity contribution in [3.05, 3.63) is 36.7 Å². The fraction of sp³-hybridized carbons (Fsp3) is 0.520. The van der Waals surface area contributed by atoms with E-state index in [1.165, 1.54) is 24.9 Å². The van der Waals surface area contributed by atoms with Gasteiger partial charge in [-0.3, -0.25) is 13.9 Å². The smallest absolute Gasteiger partial charge is 0.459 e. The summed E-state index contributed by atoms with van der Waals surface area (Å²) in [5.41, 5.74) is -1.11. The van der Waals surface area contributed by atoms with Crippen LogP contribution in [0.15, 0.2) is 36.7 Å². The maximum absolute atomic E-state index is 15.6. The van der Waals surface area contributed by atoms with Crippen molar-refractivity contribution in [2.45, 2.75) is 51.0 Å². The number of nitrogens with zero attached hydrogens (tertiary/aromatic N) is 5. The first kappa shape index (κ1) is 30.6. The number of halogens is 1. The van der Waals surface area contributed by atoms with Crippen LogP contribution < -0.4 is 19.2 Å². The zero-order valence-electron chi connectivity index (χ0n) is 23.6. The number of carbonyl (C=O) groups excluding carboxylic acids is 1. The summed E-state index contributed by atoms with van der Waals surface area (Å²) in [5, 5.41) is 13.4. The van der Waals surface area contributed by atoms with E-state index in [0.29, 0.717) is 11.3 Å². The molecule has 224 valence electrons. The molecule has 0 bridgehead atoms. The molecule has 0 spiro atoms. The number of hydrogen-bond donors (Lipinski definition) is 2. The highest BCUT2D eigenvalue weighted by Gasteiger charge is 2.54. The van der Waals surface area contributed by atoms with Crippen molar-refractivity contribution >= 4 is 30.7 Å². The summed E-state index contributed by atoms with van der Waals surface area (Å²) >= 11 is 0. The molecule has 16 heteroatoms. The van der Waals surface area contributed by atoms with E-state index in [9.17, 15) is 14.5 Å². The molecule has 2 N–H and O–H groups in total. The quantitative estimate of drug-likeness (QED) is 0.232. The molecule has 14 nitrogen and oxygen atoms in total. The number of aromatic nitrogens is 4. The molecule has 0 amide bonds. The Morgan fingerprint density at radius 3 is 2.63 bits per heavy atom. The van der Waals surface area contributed by atoms with Crippen LogP contribution in [-0.2, 0) is 23.4 Å². The normalized spacial score (nSPS) is 23.9. The number of esters is 1. The average Bonchev–Trinajstić information content (AvgIpc) is 3.45. The number of ether oxygens (including phenoxy) is 3. The number of fused-ring (bicyclic) bond motifs is 1. The Kier molecular flexibility index (Phi) is 9.14. The molecule has 1 aromatic carbocycles. The number of para-hydroxylation sites is 1. The Morgan fingerprint density at radius 1 is 1.29 bits per heavy atom. The molecule has 1 fully saturated rings. The molecule has 3 heterocycles. The summed E-state index contributed by atoms with van der Waals surface area (Å²) in [6.45, 7) is 3.68. The minimum absolute atomic E-state index is 0.0315. The van der Waals surface area contributed by atoms with E-state index in [-0.39, 0.29) is 17.4 Å². The second-order valence-corrected chi connectivity index (χ2v) is 11.8. The van der Waals surface area contributed by atoms with E-state index in [4.69, 9.17) is 23.3 Å². The van der Waals surface area contributed by atoms with Gasteiger partial charge in [0.15, 0.2) is 29.4 Å². The number of nitrogens with one attached hydrogen (secondary N) is 1. The van der Waals surface area contributed by atoms with Crippen molar-refractivity contribution in [1.29, 1.82) is 0 Å². The van der Waals surface area contributed by atoms with Gasteiger partial charge in [0.25, 0.3) is 0 Å². The van der Waals surface area contributed by atoms with Crippen LogP contribution in [0.1, 0.15) is 27.0 Å². The summed E-state index contributed by atoms with van der Waals surface area (Å²) in [5.74, 6) is -0.0593. The van der Waals surface area contributed by atoms with E-state index >= 15 is 4.39 Å². The van der Waals surface area contributed by atoms with Crippen molar-refractivity contribution in [3.63, 3.8) is 0 Å². The molecule has 1 aliphatic rings. The summed E-state index contributed by atoms with van der Waals surface area (Å²) in [4.78, 5) is 26.7. The zero-order chi connectivity index (χ0) is 29.9. The van der Waals surface area contributed by atoms with E-state index in [1.54, 1.807) is 63.2 Å². The molecular weight excluding hydrogens is 562 g/mol. The highest BCUT2D eigenvalue weighted by atomic mass is 31.2. The van der Waals surface area contributed by atoms with Crippen LogP contribution in [0.5, 0.6) is 11.8 Å². The zero-order valence-corrected chi connectivity index (χ0v) is 24.4. The number of anilines is 1. The van der Waals surface area contributed by atoms with Gasteiger partial charge in [-0.05, 0) is 32.9 Å². The Bertz CT molecular complexity index is 1410. The molecule has 41 heavy (non-hydrogen) atoms. The fourth-order valence-electron chi connectivity index (χ4n) is 4.11. The Balaban J connectivity index is 1.57. The third-order valence-electron chi connectivity index (χ3n) is 6.13. The van der Waals surface area contributed by atoms with Gasteiger partial charge in [0.2, 0.25) is 0 Å². The molecule has 1 unspecified atom stereocenters. The SMILES string of the molecule is COc1nc(N(C)C)c2ncn([C@@H]3O[C@](C)(COP(=O)(NCC(=O)OC(C)C)Oc4ccccc4)[C@@H](O)[C@H]3F)c2n1. The molecule has 3 aromatic rings. The minimum Gasteiger partial charge on any atom is -0.467 e. The van der Waals surface area contributed by atoms with Gasteiger partial charge in [-0.1, -0.05) is 18.2 Å². The summed E-state index contributed by atoms with van der Waals surface area (Å²) in [7, 11) is 0.663. The average molecular weight is 597 g/mol. The number of aliphatic hydroxyl groups is 1. The lowest BCUT2D eigenvalue weighted by Crippen LogP contribution is -2.43. The molecule has 4 rings (SSSR count). The Labute approximate surface area is 236 Å². The fourth-order valence-corrected chi connectivity index (χ4v) is 5.46. The van der Waals surface area contributed by atoms with Crippen LogP contribution in [0.25, 0.3) is 11.2 Å². The van der Waals surface area contributed by atoms with Crippen molar-refractivity contribution in [2.24, 2.45) is 0 Å². The van der Waals surface area contributed by atoms with Gasteiger partial charge in [0.05, 0.1) is 26.1 Å². The molecule has 0 saturated carbocycles. The van der Waals surface area contributed by atoms with Gasteiger partial charge < -0.3 is 28.7 Å². The van der Waals surface area contributed by atoms with Crippen LogP contribution in [0.4, 0.5) is 10.2 Å². The second kappa shape index (κ2) is 12.2. The summed E-state index contributed by atoms with van der Waals surface area (Å²) in [6, 6.07) is 8.17. The van der Waals surface area contributed by atoms with Gasteiger partial charge in [-0.25, -0.2) is 19.0 Å². The number of imidazole rings is 1. The maximum Gasteiger partial charge on any atom is 0.459 e. The van der Waals surface area contributed by atoms with E-state index < -0.39 is 57.1 Å². The van der Waals surface area contributed by atoms with Crippen LogP contribution >= 0.6 is 7.75 Å². The van der Waals surface area contributed by atoms with Crippen molar-refractivity contribution in [2.75, 3.05) is 39.3 Å². The highest BCUT2D eigenvalue weighted by molar-refractivity contribution is 7.52. The number of carbonyl (C=O) groups is 1. The summed E-state index contributed by atoms with van der Waals surface area (Å²) < 4.78 is 58.1. The van der Waals surface area contributed by atoms with Crippen LogP contribution in [0.2, 0.25) is 0 Å². The highest BCUT2D eigenvalue weighted by Crippen LogP contribution is 2.48. The van der Waals surface area contributed by atoms with Crippen LogP contribution in [0.3, 0.4) is 0 Å². The van der Waals surface area contributed by atoms with E-state index in [0.717, 1.165) is 0 Å². The topological polar surface area (TPSA) is 159 Å². The lowest BCUT2D eigenvalue weighted by molar-refractivity contribution is -0.146. The first-order valence-corrected chi connectivity index (χ1v) is 14.3. The molecular formula is C25H34FN6O8P. The lowest BCUT2D eigenvalue weighted by atomic mass is 9.99. The second-order valence-electron chi connectivity index (χ2n) is 10.0. The van der Waals surface area contributed by atoms with Crippen molar-refractivity contribution in [1.82, 2.24) is 24.6 Å². The molecule has 2 aromatic heterocycles. The predicted octanol–water partition coefficient (Wildman–Crippen LogP) is 2.63. The van der Waals surface area contributed by atoms with Crippen LogP contribution in [-0.4, -0.2) is 88.9 Å². The standard InChI is InChI=1S/C25H34FN6O8P/c1-15(2)38-17(33)12-28-41(35,40-16-10-8-7-9-11-16)37-13-25(3)20(34)18(26)23(39-25)32-14-27-19-21(31(4)5)29-24(36-6)30-22(19)32/h7-11,14-15,18,20,23,34H,12-13H2,1-6H3,(H,28,35)/t18-,20+,23-,25-,41?/m1/s1. The molecule has 5 atom stereocenters. The number of alkyl halides is 1. The number of hydrogen-bond acceptors (Lipinski definition) is 12. The van der Waals surface area contributed by atoms with E-state index in [2.05, 4.69) is 20.0 Å². The van der Waals surface area contributed by atoms with Gasteiger partial charge in [0, 0.05) is 14.1 Å². The largest absolute Gasteiger partial charge is 0.467 e. The number of methoxy groups -OCH3 is 1. The molecule has 1 saturated heterocycles.